The van der Waals surface area contributed by atoms with Gasteiger partial charge in [-0.2, -0.15) is 0 Å². The van der Waals surface area contributed by atoms with Crippen molar-refractivity contribution >= 4 is 35.7 Å². The van der Waals surface area contributed by atoms with Gasteiger partial charge in [0.25, 0.3) is 0 Å². The summed E-state index contributed by atoms with van der Waals surface area (Å²) in [5.74, 6) is 0.705. The highest BCUT2D eigenvalue weighted by Gasteiger charge is 2.23. The van der Waals surface area contributed by atoms with E-state index in [1.807, 2.05) is 48.5 Å². The summed E-state index contributed by atoms with van der Waals surface area (Å²) in [7, 11) is 0. The first-order valence-corrected chi connectivity index (χ1v) is 14.4. The van der Waals surface area contributed by atoms with Crippen LogP contribution in [0.4, 0.5) is 11.4 Å². The van der Waals surface area contributed by atoms with Crippen molar-refractivity contribution in [2.24, 2.45) is 9.98 Å². The molecule has 0 amide bonds. The van der Waals surface area contributed by atoms with Crippen LogP contribution in [0.15, 0.2) is 107 Å². The molecule has 0 aromatic heterocycles. The molecule has 2 aliphatic rings. The number of esters is 2. The normalized spacial score (nSPS) is 16.8. The van der Waals surface area contributed by atoms with Gasteiger partial charge in [0.2, 0.25) is 0 Å². The van der Waals surface area contributed by atoms with Gasteiger partial charge in [-0.15, -0.1) is 0 Å². The molecule has 2 atom stereocenters. The Kier molecular flexibility index (Phi) is 9.54. The molecule has 0 radical (unpaired) electrons. The van der Waals surface area contributed by atoms with Gasteiger partial charge in [0.05, 0.1) is 24.6 Å². The molecule has 0 saturated carbocycles. The zero-order valence-corrected chi connectivity index (χ0v) is 24.2. The van der Waals surface area contributed by atoms with Gasteiger partial charge in [-0.1, -0.05) is 0 Å². The SMILES string of the molecule is O=C(CC(=O)Oc1ccc(C=Nc2ccc(OCC3CO3)cc2)cc1)Oc1ccc(C=Nc2ccc(OCC3CO3)cc2)cc1. The molecule has 0 N–H and O–H groups in total. The monoisotopic (exact) mass is 606 g/mol. The van der Waals surface area contributed by atoms with Gasteiger partial charge in [-0.05, 0) is 108 Å². The lowest BCUT2D eigenvalue weighted by molar-refractivity contribution is -0.144. The molecule has 10 heteroatoms. The van der Waals surface area contributed by atoms with Gasteiger partial charge in [0.15, 0.2) is 0 Å². The number of aliphatic imine (C=N–C) groups is 2. The topological polar surface area (TPSA) is 121 Å². The lowest BCUT2D eigenvalue weighted by atomic mass is 10.2. The van der Waals surface area contributed by atoms with Crippen LogP contribution < -0.4 is 18.9 Å². The van der Waals surface area contributed by atoms with Gasteiger partial charge < -0.3 is 28.4 Å². The van der Waals surface area contributed by atoms with E-state index in [4.69, 9.17) is 28.4 Å². The predicted octanol–water partition coefficient (Wildman–Crippen LogP) is 5.64. The molecular weight excluding hydrogens is 576 g/mol. The summed E-state index contributed by atoms with van der Waals surface area (Å²) in [6.45, 7) is 2.62. The van der Waals surface area contributed by atoms with E-state index in [2.05, 4.69) is 9.98 Å². The van der Waals surface area contributed by atoms with Crippen LogP contribution in [-0.4, -0.2) is 63.0 Å². The third-order valence-electron chi connectivity index (χ3n) is 6.59. The van der Waals surface area contributed by atoms with Crippen LogP contribution in [0, 0.1) is 0 Å². The van der Waals surface area contributed by atoms with Crippen molar-refractivity contribution in [3.8, 4) is 23.0 Å². The number of hydrogen-bond donors (Lipinski definition) is 0. The largest absolute Gasteiger partial charge is 0.491 e. The molecule has 2 saturated heterocycles. The Bertz CT molecular complexity index is 1520. The zero-order chi connectivity index (χ0) is 30.8. The van der Waals surface area contributed by atoms with E-state index in [0.717, 1.165) is 47.2 Å². The Morgan fingerprint density at radius 3 is 1.29 bits per heavy atom. The molecule has 4 aromatic rings. The smallest absolute Gasteiger partial charge is 0.322 e. The number of benzene rings is 4. The number of epoxide rings is 2. The Balaban J connectivity index is 0.913. The van der Waals surface area contributed by atoms with Crippen molar-refractivity contribution in [2.75, 3.05) is 26.4 Å². The Hall–Kier alpha value is -5.32. The third kappa shape index (κ3) is 9.85. The highest BCUT2D eigenvalue weighted by molar-refractivity contribution is 5.93. The summed E-state index contributed by atoms with van der Waals surface area (Å²) in [5.41, 5.74) is 3.18. The first-order chi connectivity index (χ1) is 22.0. The minimum atomic E-state index is -0.724. The fraction of sp³-hybridized carbons (Fsp3) is 0.200. The summed E-state index contributed by atoms with van der Waals surface area (Å²) in [6, 6.07) is 28.5. The Morgan fingerprint density at radius 1 is 0.578 bits per heavy atom. The summed E-state index contributed by atoms with van der Waals surface area (Å²) in [4.78, 5) is 33.5. The van der Waals surface area contributed by atoms with E-state index in [-0.39, 0.29) is 12.2 Å². The van der Waals surface area contributed by atoms with Gasteiger partial charge in [0, 0.05) is 12.4 Å². The van der Waals surface area contributed by atoms with Gasteiger partial charge in [-0.3, -0.25) is 19.6 Å². The van der Waals surface area contributed by atoms with Crippen LogP contribution in [-0.2, 0) is 19.1 Å². The Morgan fingerprint density at radius 2 is 0.933 bits per heavy atom. The lowest BCUT2D eigenvalue weighted by Crippen LogP contribution is -2.18. The summed E-state index contributed by atoms with van der Waals surface area (Å²) < 4.78 is 32.1. The fourth-order valence-electron chi connectivity index (χ4n) is 3.96. The molecule has 2 aliphatic heterocycles. The zero-order valence-electron chi connectivity index (χ0n) is 24.2. The minimum absolute atomic E-state index is 0.207. The van der Waals surface area contributed by atoms with E-state index in [0.29, 0.717) is 24.7 Å². The van der Waals surface area contributed by atoms with Crippen LogP contribution in [0.2, 0.25) is 0 Å². The molecule has 0 bridgehead atoms. The van der Waals surface area contributed by atoms with E-state index >= 15 is 0 Å². The number of rotatable bonds is 14. The Labute approximate surface area is 259 Å². The highest BCUT2D eigenvalue weighted by Crippen LogP contribution is 2.22. The van der Waals surface area contributed by atoms with Crippen LogP contribution in [0.3, 0.4) is 0 Å². The second-order valence-electron chi connectivity index (χ2n) is 10.3. The summed E-state index contributed by atoms with van der Waals surface area (Å²) >= 11 is 0. The maximum absolute atomic E-state index is 12.3. The predicted molar refractivity (Wildman–Crippen MR) is 167 cm³/mol. The fourth-order valence-corrected chi connectivity index (χ4v) is 3.96. The van der Waals surface area contributed by atoms with E-state index in [9.17, 15) is 9.59 Å². The van der Waals surface area contributed by atoms with Gasteiger partial charge in [0.1, 0.15) is 54.8 Å². The average molecular weight is 607 g/mol. The molecule has 4 aromatic carbocycles. The quantitative estimate of drug-likeness (QED) is 0.0594. The van der Waals surface area contributed by atoms with Crippen molar-refractivity contribution in [1.29, 1.82) is 0 Å². The maximum Gasteiger partial charge on any atom is 0.322 e. The maximum atomic E-state index is 12.3. The van der Waals surface area contributed by atoms with Gasteiger partial charge >= 0.3 is 11.9 Å². The van der Waals surface area contributed by atoms with Crippen molar-refractivity contribution in [3.05, 3.63) is 108 Å². The standard InChI is InChI=1S/C35H30N2O8/c38-34(44-30-9-1-24(2-10-30)18-36-26-5-13-28(14-6-26)40-20-32-22-42-32)17-35(39)45-31-11-3-25(4-12-31)19-37-27-7-15-29(16-8-27)41-21-33-23-43-33/h1-16,18-19,32-33H,17,20-23H2. The molecule has 0 aliphatic carbocycles. The molecule has 228 valence electrons. The van der Waals surface area contributed by atoms with Crippen molar-refractivity contribution in [1.82, 2.24) is 0 Å². The number of carbonyl (C=O) groups is 2. The second kappa shape index (κ2) is 14.4. The number of ether oxygens (including phenoxy) is 6. The van der Waals surface area contributed by atoms with E-state index < -0.39 is 18.4 Å². The lowest BCUT2D eigenvalue weighted by Gasteiger charge is -2.06. The number of nitrogens with zero attached hydrogens (tertiary/aromatic N) is 2. The second-order valence-corrected chi connectivity index (χ2v) is 10.3. The number of hydrogen-bond acceptors (Lipinski definition) is 10. The summed E-state index contributed by atoms with van der Waals surface area (Å²) in [5, 5.41) is 0. The van der Waals surface area contributed by atoms with Crippen molar-refractivity contribution < 1.29 is 38.0 Å². The first-order valence-electron chi connectivity index (χ1n) is 14.4. The molecule has 45 heavy (non-hydrogen) atoms. The van der Waals surface area contributed by atoms with Crippen LogP contribution in [0.5, 0.6) is 23.0 Å². The molecule has 2 unspecified atom stereocenters. The van der Waals surface area contributed by atoms with Crippen molar-refractivity contribution in [3.63, 3.8) is 0 Å². The highest BCUT2D eigenvalue weighted by atomic mass is 16.6. The van der Waals surface area contributed by atoms with E-state index in [1.54, 1.807) is 61.0 Å². The average Bonchev–Trinajstić information content (AvgIpc) is 3.99. The van der Waals surface area contributed by atoms with Crippen LogP contribution in [0.25, 0.3) is 0 Å². The minimum Gasteiger partial charge on any atom is -0.491 e. The molecule has 10 nitrogen and oxygen atoms in total. The molecule has 6 rings (SSSR count). The van der Waals surface area contributed by atoms with Crippen LogP contribution >= 0.6 is 0 Å². The molecule has 2 fully saturated rings. The molecular formula is C35H30N2O8. The van der Waals surface area contributed by atoms with Gasteiger partial charge in [-0.25, -0.2) is 0 Å². The number of carbonyl (C=O) groups excluding carboxylic acids is 2. The summed E-state index contributed by atoms with van der Waals surface area (Å²) in [6.07, 6.45) is 3.28. The van der Waals surface area contributed by atoms with Crippen LogP contribution in [0.1, 0.15) is 17.5 Å². The first kappa shape index (κ1) is 29.7. The molecule has 0 spiro atoms. The van der Waals surface area contributed by atoms with E-state index in [1.165, 1.54) is 0 Å². The van der Waals surface area contributed by atoms with Crippen molar-refractivity contribution in [2.45, 2.75) is 18.6 Å². The molecule has 2 heterocycles. The third-order valence-corrected chi connectivity index (χ3v) is 6.59.